The predicted molar refractivity (Wildman–Crippen MR) is 106 cm³/mol. The predicted octanol–water partition coefficient (Wildman–Crippen LogP) is 4.53. The normalized spacial score (nSPS) is 11.5. The molecule has 4 nitrogen and oxygen atoms in total. The standard InChI is InChI=1S/C23H23NO3/c1-16-9-11-18(12-10-16)22(17-7-5-4-6-8-17)24-23(25)19-13-20(26-2)15-21(14-19)27-3/h4-15,22H,1-3H3,(H,24,25)/t22-/m1/s1. The smallest absolute Gasteiger partial charge is 0.252 e. The lowest BCUT2D eigenvalue weighted by Crippen LogP contribution is -2.29. The largest absolute Gasteiger partial charge is 0.497 e. The Bertz CT molecular complexity index is 882. The maximum absolute atomic E-state index is 13.0. The molecule has 0 saturated carbocycles. The highest BCUT2D eigenvalue weighted by Crippen LogP contribution is 2.26. The van der Waals surface area contributed by atoms with E-state index >= 15 is 0 Å². The molecule has 0 spiro atoms. The van der Waals surface area contributed by atoms with Crippen LogP contribution in [0.2, 0.25) is 0 Å². The average Bonchev–Trinajstić information content (AvgIpc) is 2.72. The molecular formula is C23H23NO3. The van der Waals surface area contributed by atoms with E-state index in [9.17, 15) is 4.79 Å². The van der Waals surface area contributed by atoms with Gasteiger partial charge in [-0.1, -0.05) is 60.2 Å². The highest BCUT2D eigenvalue weighted by Gasteiger charge is 2.19. The summed E-state index contributed by atoms with van der Waals surface area (Å²) in [6.45, 7) is 2.04. The van der Waals surface area contributed by atoms with Crippen molar-refractivity contribution in [2.45, 2.75) is 13.0 Å². The minimum absolute atomic E-state index is 0.193. The van der Waals surface area contributed by atoms with Crippen LogP contribution in [0.4, 0.5) is 0 Å². The van der Waals surface area contributed by atoms with Crippen molar-refractivity contribution >= 4 is 5.91 Å². The molecule has 0 fully saturated rings. The van der Waals surface area contributed by atoms with Crippen LogP contribution in [0.3, 0.4) is 0 Å². The molecule has 3 aromatic rings. The summed E-state index contributed by atoms with van der Waals surface area (Å²) in [6.07, 6.45) is 0. The fourth-order valence-electron chi connectivity index (χ4n) is 2.92. The molecule has 1 atom stereocenters. The van der Waals surface area contributed by atoms with E-state index in [1.165, 1.54) is 5.56 Å². The second-order valence-electron chi connectivity index (χ2n) is 6.33. The molecule has 27 heavy (non-hydrogen) atoms. The third-order valence-corrected chi connectivity index (χ3v) is 4.43. The van der Waals surface area contributed by atoms with Gasteiger partial charge in [-0.25, -0.2) is 0 Å². The molecule has 0 aromatic heterocycles. The van der Waals surface area contributed by atoms with Crippen LogP contribution >= 0.6 is 0 Å². The zero-order chi connectivity index (χ0) is 19.2. The van der Waals surface area contributed by atoms with Gasteiger partial charge in [-0.3, -0.25) is 4.79 Å². The van der Waals surface area contributed by atoms with Crippen molar-refractivity contribution in [3.05, 3.63) is 95.1 Å². The molecule has 0 bridgehead atoms. The molecule has 0 unspecified atom stereocenters. The highest BCUT2D eigenvalue weighted by molar-refractivity contribution is 5.95. The number of carbonyl (C=O) groups is 1. The van der Waals surface area contributed by atoms with Crippen LogP contribution in [0.15, 0.2) is 72.8 Å². The Morgan fingerprint density at radius 3 is 1.93 bits per heavy atom. The van der Waals surface area contributed by atoms with E-state index in [-0.39, 0.29) is 11.9 Å². The van der Waals surface area contributed by atoms with Gasteiger partial charge in [0.2, 0.25) is 0 Å². The number of aryl methyl sites for hydroxylation is 1. The van der Waals surface area contributed by atoms with Gasteiger partial charge in [0.15, 0.2) is 0 Å². The summed E-state index contributed by atoms with van der Waals surface area (Å²) in [4.78, 5) is 13.0. The molecule has 1 amide bonds. The Kier molecular flexibility index (Phi) is 5.77. The summed E-state index contributed by atoms with van der Waals surface area (Å²) in [6, 6.07) is 23.0. The number of hydrogen-bond acceptors (Lipinski definition) is 3. The number of hydrogen-bond donors (Lipinski definition) is 1. The number of rotatable bonds is 6. The highest BCUT2D eigenvalue weighted by atomic mass is 16.5. The van der Waals surface area contributed by atoms with E-state index in [4.69, 9.17) is 9.47 Å². The van der Waals surface area contributed by atoms with Crippen LogP contribution in [0, 0.1) is 6.92 Å². The van der Waals surface area contributed by atoms with Crippen molar-refractivity contribution in [1.29, 1.82) is 0 Å². The Morgan fingerprint density at radius 1 is 0.815 bits per heavy atom. The van der Waals surface area contributed by atoms with Crippen LogP contribution < -0.4 is 14.8 Å². The molecule has 0 aliphatic carbocycles. The summed E-state index contributed by atoms with van der Waals surface area (Å²) >= 11 is 0. The Balaban J connectivity index is 1.94. The van der Waals surface area contributed by atoms with Crippen LogP contribution in [0.5, 0.6) is 11.5 Å². The van der Waals surface area contributed by atoms with Crippen molar-refractivity contribution in [2.75, 3.05) is 14.2 Å². The first-order chi connectivity index (χ1) is 13.1. The molecule has 0 saturated heterocycles. The van der Waals surface area contributed by atoms with Gasteiger partial charge in [0.25, 0.3) is 5.91 Å². The number of benzene rings is 3. The Hall–Kier alpha value is -3.27. The summed E-state index contributed by atoms with van der Waals surface area (Å²) in [5.74, 6) is 0.957. The van der Waals surface area contributed by atoms with E-state index in [1.807, 2.05) is 61.5 Å². The minimum atomic E-state index is -0.253. The van der Waals surface area contributed by atoms with Crippen molar-refractivity contribution < 1.29 is 14.3 Å². The van der Waals surface area contributed by atoms with E-state index < -0.39 is 0 Å². The van der Waals surface area contributed by atoms with Crippen molar-refractivity contribution in [2.24, 2.45) is 0 Å². The summed E-state index contributed by atoms with van der Waals surface area (Å²) in [7, 11) is 3.13. The average molecular weight is 361 g/mol. The van der Waals surface area contributed by atoms with Crippen molar-refractivity contribution in [3.8, 4) is 11.5 Å². The van der Waals surface area contributed by atoms with E-state index in [2.05, 4.69) is 5.32 Å². The fraction of sp³-hybridized carbons (Fsp3) is 0.174. The molecule has 3 rings (SSSR count). The molecule has 4 heteroatoms. The van der Waals surface area contributed by atoms with Crippen LogP contribution in [-0.4, -0.2) is 20.1 Å². The van der Waals surface area contributed by atoms with Gasteiger partial charge in [-0.2, -0.15) is 0 Å². The fourth-order valence-corrected chi connectivity index (χ4v) is 2.92. The number of ether oxygens (including phenoxy) is 2. The maximum Gasteiger partial charge on any atom is 0.252 e. The van der Waals surface area contributed by atoms with Gasteiger partial charge < -0.3 is 14.8 Å². The van der Waals surface area contributed by atoms with E-state index in [0.29, 0.717) is 17.1 Å². The second-order valence-corrected chi connectivity index (χ2v) is 6.33. The zero-order valence-corrected chi connectivity index (χ0v) is 15.7. The van der Waals surface area contributed by atoms with E-state index in [0.717, 1.165) is 11.1 Å². The maximum atomic E-state index is 13.0. The third-order valence-electron chi connectivity index (χ3n) is 4.43. The first kappa shape index (κ1) is 18.5. The first-order valence-corrected chi connectivity index (χ1v) is 8.76. The molecular weight excluding hydrogens is 338 g/mol. The van der Waals surface area contributed by atoms with Gasteiger partial charge in [0.05, 0.1) is 20.3 Å². The SMILES string of the molecule is COc1cc(OC)cc(C(=O)N[C@H](c2ccccc2)c2ccc(C)cc2)c1. The van der Waals surface area contributed by atoms with Gasteiger partial charge in [-0.05, 0) is 30.2 Å². The molecule has 0 heterocycles. The topological polar surface area (TPSA) is 47.6 Å². The molecule has 1 N–H and O–H groups in total. The van der Waals surface area contributed by atoms with Gasteiger partial charge in [-0.15, -0.1) is 0 Å². The quantitative estimate of drug-likeness (QED) is 0.702. The first-order valence-electron chi connectivity index (χ1n) is 8.76. The number of nitrogens with one attached hydrogen (secondary N) is 1. The minimum Gasteiger partial charge on any atom is -0.497 e. The number of methoxy groups -OCH3 is 2. The molecule has 138 valence electrons. The number of carbonyl (C=O) groups excluding carboxylic acids is 1. The lowest BCUT2D eigenvalue weighted by Gasteiger charge is -2.20. The summed E-state index contributed by atoms with van der Waals surface area (Å²) in [5.41, 5.74) is 3.70. The van der Waals surface area contributed by atoms with Crippen LogP contribution in [-0.2, 0) is 0 Å². The molecule has 3 aromatic carbocycles. The van der Waals surface area contributed by atoms with Crippen molar-refractivity contribution in [3.63, 3.8) is 0 Å². The summed E-state index contributed by atoms with van der Waals surface area (Å²) < 4.78 is 10.5. The zero-order valence-electron chi connectivity index (χ0n) is 15.7. The van der Waals surface area contributed by atoms with Gasteiger partial charge >= 0.3 is 0 Å². The second kappa shape index (κ2) is 8.41. The van der Waals surface area contributed by atoms with Gasteiger partial charge in [0.1, 0.15) is 11.5 Å². The monoisotopic (exact) mass is 361 g/mol. The van der Waals surface area contributed by atoms with Crippen LogP contribution in [0.25, 0.3) is 0 Å². The third kappa shape index (κ3) is 4.47. The van der Waals surface area contributed by atoms with Crippen molar-refractivity contribution in [1.82, 2.24) is 5.32 Å². The van der Waals surface area contributed by atoms with E-state index in [1.54, 1.807) is 32.4 Å². The Labute approximate surface area is 159 Å². The molecule has 0 aliphatic rings. The molecule has 0 radical (unpaired) electrons. The lowest BCUT2D eigenvalue weighted by molar-refractivity contribution is 0.0942. The lowest BCUT2D eigenvalue weighted by atomic mass is 9.97. The van der Waals surface area contributed by atoms with Crippen LogP contribution in [0.1, 0.15) is 33.1 Å². The number of amides is 1. The Morgan fingerprint density at radius 2 is 1.37 bits per heavy atom. The summed E-state index contributed by atoms with van der Waals surface area (Å²) in [5, 5.41) is 3.14. The van der Waals surface area contributed by atoms with Gasteiger partial charge in [0, 0.05) is 11.6 Å². The molecule has 0 aliphatic heterocycles.